The first-order valence-electron chi connectivity index (χ1n) is 8.15. The quantitative estimate of drug-likeness (QED) is 0.845. The first-order valence-corrected chi connectivity index (χ1v) is 8.15. The van der Waals surface area contributed by atoms with Gasteiger partial charge in [0.25, 0.3) is 0 Å². The highest BCUT2D eigenvalue weighted by Crippen LogP contribution is 2.44. The fraction of sp³-hybridized carbons (Fsp3) is 0.938. The van der Waals surface area contributed by atoms with Crippen LogP contribution in [-0.4, -0.2) is 41.8 Å². The summed E-state index contributed by atoms with van der Waals surface area (Å²) in [5.74, 6) is 1.87. The van der Waals surface area contributed by atoms with Gasteiger partial charge in [0.05, 0.1) is 0 Å². The van der Waals surface area contributed by atoms with Crippen molar-refractivity contribution >= 4 is 6.09 Å². The Balaban J connectivity index is 1.46. The molecule has 0 aromatic rings. The summed E-state index contributed by atoms with van der Waals surface area (Å²) in [6, 6.07) is 1.17. The second-order valence-corrected chi connectivity index (χ2v) is 7.86. The number of hydrogen-bond donors (Lipinski definition) is 1. The van der Waals surface area contributed by atoms with Crippen LogP contribution >= 0.6 is 0 Å². The summed E-state index contributed by atoms with van der Waals surface area (Å²) in [4.78, 5) is 13.9. The molecule has 3 fully saturated rings. The molecule has 0 aromatic heterocycles. The Hall–Kier alpha value is -0.770. The van der Waals surface area contributed by atoms with E-state index in [1.54, 1.807) is 0 Å². The fourth-order valence-corrected chi connectivity index (χ4v) is 4.14. The molecule has 1 saturated heterocycles. The molecule has 1 amide bonds. The number of hydrogen-bond acceptors (Lipinski definition) is 3. The Labute approximate surface area is 122 Å². The van der Waals surface area contributed by atoms with Crippen molar-refractivity contribution in [3.63, 3.8) is 0 Å². The third kappa shape index (κ3) is 3.11. The molecule has 3 rings (SSSR count). The number of amides is 1. The second kappa shape index (κ2) is 5.21. The van der Waals surface area contributed by atoms with Gasteiger partial charge in [-0.05, 0) is 58.3 Å². The highest BCUT2D eigenvalue weighted by molar-refractivity contribution is 5.68. The number of fused-ring (bicyclic) bond motifs is 2. The maximum Gasteiger partial charge on any atom is 0.410 e. The minimum atomic E-state index is -0.396. The maximum atomic E-state index is 12.0. The molecule has 114 valence electrons. The van der Waals surface area contributed by atoms with Crippen LogP contribution in [-0.2, 0) is 4.74 Å². The van der Waals surface area contributed by atoms with Crippen molar-refractivity contribution in [2.24, 2.45) is 11.8 Å². The molecule has 4 atom stereocenters. The molecule has 1 heterocycles. The van der Waals surface area contributed by atoms with Crippen LogP contribution in [0.1, 0.15) is 52.9 Å². The average Bonchev–Trinajstić information content (AvgIpc) is 3.01. The predicted molar refractivity (Wildman–Crippen MR) is 78.6 cm³/mol. The van der Waals surface area contributed by atoms with E-state index in [2.05, 4.69) is 5.32 Å². The average molecular weight is 280 g/mol. The van der Waals surface area contributed by atoms with Crippen LogP contribution < -0.4 is 5.32 Å². The van der Waals surface area contributed by atoms with Gasteiger partial charge < -0.3 is 15.0 Å². The molecular weight excluding hydrogens is 252 g/mol. The van der Waals surface area contributed by atoms with Crippen molar-refractivity contribution in [2.45, 2.75) is 70.6 Å². The van der Waals surface area contributed by atoms with Crippen molar-refractivity contribution < 1.29 is 9.53 Å². The van der Waals surface area contributed by atoms with E-state index in [1.807, 2.05) is 25.7 Å². The van der Waals surface area contributed by atoms with Gasteiger partial charge in [0.15, 0.2) is 0 Å². The molecule has 3 aliphatic rings. The lowest BCUT2D eigenvalue weighted by atomic mass is 9.94. The van der Waals surface area contributed by atoms with Crippen molar-refractivity contribution in [2.75, 3.05) is 13.1 Å². The molecule has 4 nitrogen and oxygen atoms in total. The van der Waals surface area contributed by atoms with E-state index < -0.39 is 5.60 Å². The summed E-state index contributed by atoms with van der Waals surface area (Å²) in [7, 11) is 0. The van der Waals surface area contributed by atoms with Crippen LogP contribution in [0, 0.1) is 11.8 Å². The lowest BCUT2D eigenvalue weighted by Crippen LogP contribution is -2.44. The van der Waals surface area contributed by atoms with Crippen molar-refractivity contribution in [1.82, 2.24) is 10.2 Å². The van der Waals surface area contributed by atoms with Gasteiger partial charge in [0.2, 0.25) is 0 Å². The number of nitrogens with one attached hydrogen (secondary N) is 1. The minimum Gasteiger partial charge on any atom is -0.444 e. The summed E-state index contributed by atoms with van der Waals surface area (Å²) in [6.07, 6.45) is 6.54. The molecule has 2 bridgehead atoms. The first kappa shape index (κ1) is 14.2. The summed E-state index contributed by atoms with van der Waals surface area (Å²) >= 11 is 0. The van der Waals surface area contributed by atoms with E-state index in [4.69, 9.17) is 4.74 Å². The van der Waals surface area contributed by atoms with Gasteiger partial charge in [-0.2, -0.15) is 0 Å². The monoisotopic (exact) mass is 280 g/mol. The normalized spacial score (nSPS) is 36.6. The van der Waals surface area contributed by atoms with Crippen LogP contribution in [0.25, 0.3) is 0 Å². The van der Waals surface area contributed by atoms with E-state index >= 15 is 0 Å². The zero-order valence-corrected chi connectivity index (χ0v) is 13.0. The van der Waals surface area contributed by atoms with E-state index in [0.29, 0.717) is 12.1 Å². The third-order valence-electron chi connectivity index (χ3n) is 5.03. The smallest absolute Gasteiger partial charge is 0.410 e. The zero-order chi connectivity index (χ0) is 14.3. The van der Waals surface area contributed by atoms with Crippen molar-refractivity contribution in [3.05, 3.63) is 0 Å². The molecule has 20 heavy (non-hydrogen) atoms. The van der Waals surface area contributed by atoms with Gasteiger partial charge in [-0.3, -0.25) is 0 Å². The van der Waals surface area contributed by atoms with Gasteiger partial charge in [0, 0.05) is 25.2 Å². The highest BCUT2D eigenvalue weighted by Gasteiger charge is 2.41. The molecule has 0 radical (unpaired) electrons. The van der Waals surface area contributed by atoms with Crippen LogP contribution in [0.15, 0.2) is 0 Å². The number of likely N-dealkylation sites (tertiary alicyclic amines) is 1. The second-order valence-electron chi connectivity index (χ2n) is 7.86. The summed E-state index contributed by atoms with van der Waals surface area (Å²) in [6.45, 7) is 7.40. The van der Waals surface area contributed by atoms with Gasteiger partial charge in [0.1, 0.15) is 5.60 Å². The number of carbonyl (C=O) groups is 1. The van der Waals surface area contributed by atoms with Crippen molar-refractivity contribution in [1.29, 1.82) is 0 Å². The minimum absolute atomic E-state index is 0.158. The molecule has 3 unspecified atom stereocenters. The first-order chi connectivity index (χ1) is 9.40. The summed E-state index contributed by atoms with van der Waals surface area (Å²) in [5.41, 5.74) is -0.396. The Bertz CT molecular complexity index is 377. The number of carbonyl (C=O) groups excluding carboxylic acids is 1. The SMILES string of the molecule is CC(C)(C)OC(=O)N1CC[C@H](NC2CC3CCC2C3)C1. The third-order valence-corrected chi connectivity index (χ3v) is 5.03. The van der Waals surface area contributed by atoms with Crippen LogP contribution in [0.2, 0.25) is 0 Å². The largest absolute Gasteiger partial charge is 0.444 e. The lowest BCUT2D eigenvalue weighted by Gasteiger charge is -2.27. The Morgan fingerprint density at radius 1 is 1.20 bits per heavy atom. The van der Waals surface area contributed by atoms with Gasteiger partial charge in [-0.25, -0.2) is 4.79 Å². The predicted octanol–water partition coefficient (Wildman–Crippen LogP) is 2.77. The van der Waals surface area contributed by atoms with E-state index in [1.165, 1.54) is 25.7 Å². The number of nitrogens with zero attached hydrogens (tertiary/aromatic N) is 1. The van der Waals surface area contributed by atoms with Gasteiger partial charge >= 0.3 is 6.09 Å². The molecule has 1 N–H and O–H groups in total. The number of rotatable bonds is 2. The zero-order valence-electron chi connectivity index (χ0n) is 13.0. The van der Waals surface area contributed by atoms with Crippen molar-refractivity contribution in [3.8, 4) is 0 Å². The Morgan fingerprint density at radius 2 is 2.00 bits per heavy atom. The van der Waals surface area contributed by atoms with Crippen LogP contribution in [0.5, 0.6) is 0 Å². The molecule has 2 aliphatic carbocycles. The molecule has 0 aromatic carbocycles. The molecule has 1 aliphatic heterocycles. The topological polar surface area (TPSA) is 41.6 Å². The van der Waals surface area contributed by atoms with Gasteiger partial charge in [-0.15, -0.1) is 0 Å². The molecule has 0 spiro atoms. The highest BCUT2D eigenvalue weighted by atomic mass is 16.6. The lowest BCUT2D eigenvalue weighted by molar-refractivity contribution is 0.0290. The molecule has 4 heteroatoms. The van der Waals surface area contributed by atoms with Crippen LogP contribution in [0.3, 0.4) is 0 Å². The Morgan fingerprint density at radius 3 is 2.60 bits per heavy atom. The molecular formula is C16H28N2O2. The Kier molecular flexibility index (Phi) is 3.69. The van der Waals surface area contributed by atoms with Crippen LogP contribution in [0.4, 0.5) is 4.79 Å². The van der Waals surface area contributed by atoms with E-state index in [-0.39, 0.29) is 6.09 Å². The molecule has 2 saturated carbocycles. The number of ether oxygens (including phenoxy) is 1. The summed E-state index contributed by atoms with van der Waals surface area (Å²) in [5, 5.41) is 3.81. The van der Waals surface area contributed by atoms with E-state index in [0.717, 1.165) is 31.3 Å². The fourth-order valence-electron chi connectivity index (χ4n) is 4.14. The summed E-state index contributed by atoms with van der Waals surface area (Å²) < 4.78 is 5.45. The van der Waals surface area contributed by atoms with E-state index in [9.17, 15) is 4.79 Å². The maximum absolute atomic E-state index is 12.0. The standard InChI is InChI=1S/C16H28N2O2/c1-16(2,3)20-15(19)18-7-6-13(10-18)17-14-9-11-4-5-12(14)8-11/h11-14,17H,4-10H2,1-3H3/t11?,12?,13-,14?/m0/s1. The van der Waals surface area contributed by atoms with Gasteiger partial charge in [-0.1, -0.05) is 6.42 Å².